The normalized spacial score (nSPS) is 10.7. The van der Waals surface area contributed by atoms with Gasteiger partial charge in [-0.05, 0) is 24.3 Å². The number of carbonyl (C=O) groups is 1. The van der Waals surface area contributed by atoms with Crippen molar-refractivity contribution >= 4 is 23.2 Å². The molecule has 23 heavy (non-hydrogen) atoms. The highest BCUT2D eigenvalue weighted by molar-refractivity contribution is 6.30. The lowest BCUT2D eigenvalue weighted by Crippen LogP contribution is -2.36. The Morgan fingerprint density at radius 2 is 2.17 bits per heavy atom. The standard InChI is InChI=1S/C16H15ClF2N2O2/c1-23-14-5-6-20-9-11(14)7-16(22)21(10-15(18)19)13-4-2-3-12(17)8-13/h2-6,8-9,15H,7,10H2,1H3. The molecule has 7 heteroatoms. The van der Waals surface area contributed by atoms with Crippen molar-refractivity contribution in [2.45, 2.75) is 12.8 Å². The smallest absolute Gasteiger partial charge is 0.256 e. The van der Waals surface area contributed by atoms with Gasteiger partial charge < -0.3 is 9.64 Å². The number of rotatable bonds is 6. The summed E-state index contributed by atoms with van der Waals surface area (Å²) in [6.07, 6.45) is 0.250. The van der Waals surface area contributed by atoms with E-state index in [9.17, 15) is 13.6 Å². The van der Waals surface area contributed by atoms with E-state index in [1.54, 1.807) is 24.3 Å². The molecule has 1 aromatic carbocycles. The van der Waals surface area contributed by atoms with Gasteiger partial charge in [-0.1, -0.05) is 17.7 Å². The maximum Gasteiger partial charge on any atom is 0.256 e. The number of pyridine rings is 1. The van der Waals surface area contributed by atoms with Crippen LogP contribution in [0.2, 0.25) is 5.02 Å². The fraction of sp³-hybridized carbons (Fsp3) is 0.250. The zero-order valence-corrected chi connectivity index (χ0v) is 13.1. The Labute approximate surface area is 137 Å². The van der Waals surface area contributed by atoms with E-state index in [0.717, 1.165) is 4.90 Å². The predicted molar refractivity (Wildman–Crippen MR) is 84.3 cm³/mol. The van der Waals surface area contributed by atoms with E-state index < -0.39 is 18.9 Å². The molecular weight excluding hydrogens is 326 g/mol. The van der Waals surface area contributed by atoms with Gasteiger partial charge in [0.1, 0.15) is 5.75 Å². The monoisotopic (exact) mass is 340 g/mol. The third kappa shape index (κ3) is 4.63. The summed E-state index contributed by atoms with van der Waals surface area (Å²) in [7, 11) is 1.47. The molecule has 0 bridgehead atoms. The van der Waals surface area contributed by atoms with Crippen LogP contribution in [0, 0.1) is 0 Å². The molecule has 2 rings (SSSR count). The van der Waals surface area contributed by atoms with Crippen molar-refractivity contribution in [3.63, 3.8) is 0 Å². The minimum atomic E-state index is -2.66. The number of hydrogen-bond donors (Lipinski definition) is 0. The number of nitrogens with zero attached hydrogens (tertiary/aromatic N) is 2. The molecule has 0 saturated carbocycles. The maximum atomic E-state index is 12.9. The minimum Gasteiger partial charge on any atom is -0.496 e. The molecule has 0 aliphatic heterocycles. The van der Waals surface area contributed by atoms with E-state index in [1.165, 1.54) is 25.6 Å². The third-order valence-corrected chi connectivity index (χ3v) is 3.40. The molecule has 0 aliphatic rings. The van der Waals surface area contributed by atoms with E-state index in [2.05, 4.69) is 4.98 Å². The number of hydrogen-bond acceptors (Lipinski definition) is 3. The summed E-state index contributed by atoms with van der Waals surface area (Å²) in [5, 5.41) is 0.369. The van der Waals surface area contributed by atoms with Crippen LogP contribution in [-0.2, 0) is 11.2 Å². The average molecular weight is 341 g/mol. The molecule has 1 heterocycles. The minimum absolute atomic E-state index is 0.101. The van der Waals surface area contributed by atoms with Gasteiger partial charge in [0.25, 0.3) is 6.43 Å². The van der Waals surface area contributed by atoms with Crippen LogP contribution in [0.15, 0.2) is 42.7 Å². The molecule has 0 spiro atoms. The number of aromatic nitrogens is 1. The van der Waals surface area contributed by atoms with Gasteiger partial charge in [-0.25, -0.2) is 8.78 Å². The summed E-state index contributed by atoms with van der Waals surface area (Å²) in [5.41, 5.74) is 0.854. The number of carbonyl (C=O) groups excluding carboxylic acids is 1. The quantitative estimate of drug-likeness (QED) is 0.807. The Bertz CT molecular complexity index is 683. The lowest BCUT2D eigenvalue weighted by Gasteiger charge is -2.23. The molecule has 0 fully saturated rings. The van der Waals surface area contributed by atoms with Crippen molar-refractivity contribution in [1.29, 1.82) is 0 Å². The number of halogens is 3. The SMILES string of the molecule is COc1ccncc1CC(=O)N(CC(F)F)c1cccc(Cl)c1. The number of methoxy groups -OCH3 is 1. The van der Waals surface area contributed by atoms with Crippen LogP contribution >= 0.6 is 11.6 Å². The van der Waals surface area contributed by atoms with Crippen molar-refractivity contribution in [1.82, 2.24) is 4.98 Å². The number of ether oxygens (including phenoxy) is 1. The summed E-state index contributed by atoms with van der Waals surface area (Å²) < 4.78 is 30.9. The van der Waals surface area contributed by atoms with Gasteiger partial charge in [0.05, 0.1) is 20.1 Å². The van der Waals surface area contributed by atoms with Crippen molar-refractivity contribution in [3.05, 3.63) is 53.3 Å². The zero-order valence-electron chi connectivity index (χ0n) is 12.4. The Morgan fingerprint density at radius 3 is 2.83 bits per heavy atom. The lowest BCUT2D eigenvalue weighted by atomic mass is 10.1. The molecule has 0 radical (unpaired) electrons. The van der Waals surface area contributed by atoms with Crippen molar-refractivity contribution < 1.29 is 18.3 Å². The molecule has 0 saturated heterocycles. The largest absolute Gasteiger partial charge is 0.496 e. The maximum absolute atomic E-state index is 12.9. The predicted octanol–water partition coefficient (Wildman–Crippen LogP) is 3.58. The van der Waals surface area contributed by atoms with Crippen LogP contribution < -0.4 is 9.64 Å². The van der Waals surface area contributed by atoms with E-state index in [4.69, 9.17) is 16.3 Å². The number of benzene rings is 1. The molecule has 0 aliphatic carbocycles. The second kappa shape index (κ2) is 7.87. The van der Waals surface area contributed by atoms with Crippen LogP contribution in [0.5, 0.6) is 5.75 Å². The summed E-state index contributed by atoms with van der Waals surface area (Å²) in [6, 6.07) is 7.86. The number of anilines is 1. The molecule has 2 aromatic rings. The number of alkyl halides is 2. The molecule has 1 aromatic heterocycles. The summed E-state index contributed by atoms with van der Waals surface area (Å²) in [6.45, 7) is -0.707. The first-order valence-electron chi connectivity index (χ1n) is 6.82. The summed E-state index contributed by atoms with van der Waals surface area (Å²) in [4.78, 5) is 17.4. The fourth-order valence-corrected chi connectivity index (χ4v) is 2.32. The lowest BCUT2D eigenvalue weighted by molar-refractivity contribution is -0.118. The Morgan fingerprint density at radius 1 is 1.39 bits per heavy atom. The Balaban J connectivity index is 2.26. The van der Waals surface area contributed by atoms with E-state index >= 15 is 0 Å². The van der Waals surface area contributed by atoms with Crippen molar-refractivity contribution in [2.24, 2.45) is 0 Å². The molecular formula is C16H15ClF2N2O2. The van der Waals surface area contributed by atoms with Gasteiger partial charge >= 0.3 is 0 Å². The van der Waals surface area contributed by atoms with E-state index in [0.29, 0.717) is 22.0 Å². The van der Waals surface area contributed by atoms with E-state index in [1.807, 2.05) is 0 Å². The Kier molecular flexibility index (Phi) is 5.87. The second-order valence-electron chi connectivity index (χ2n) is 4.74. The molecule has 0 N–H and O–H groups in total. The highest BCUT2D eigenvalue weighted by Gasteiger charge is 2.21. The highest BCUT2D eigenvalue weighted by atomic mass is 35.5. The van der Waals surface area contributed by atoms with Crippen LogP contribution in [-0.4, -0.2) is 31.0 Å². The first-order valence-corrected chi connectivity index (χ1v) is 7.20. The topological polar surface area (TPSA) is 42.4 Å². The van der Waals surface area contributed by atoms with Gasteiger partial charge in [-0.3, -0.25) is 9.78 Å². The highest BCUT2D eigenvalue weighted by Crippen LogP contribution is 2.23. The fourth-order valence-electron chi connectivity index (χ4n) is 2.14. The third-order valence-electron chi connectivity index (χ3n) is 3.16. The van der Waals surface area contributed by atoms with Gasteiger partial charge in [0.15, 0.2) is 0 Å². The molecule has 1 amide bonds. The molecule has 122 valence electrons. The van der Waals surface area contributed by atoms with Crippen LogP contribution in [0.3, 0.4) is 0 Å². The first-order chi connectivity index (χ1) is 11.0. The van der Waals surface area contributed by atoms with Crippen LogP contribution in [0.1, 0.15) is 5.56 Å². The van der Waals surface area contributed by atoms with Crippen molar-refractivity contribution in [2.75, 3.05) is 18.6 Å². The first kappa shape index (κ1) is 17.1. The summed E-state index contributed by atoms with van der Waals surface area (Å²) in [5.74, 6) is -0.00434. The van der Waals surface area contributed by atoms with E-state index in [-0.39, 0.29) is 6.42 Å². The Hall–Kier alpha value is -2.21. The average Bonchev–Trinajstić information content (AvgIpc) is 2.53. The van der Waals surface area contributed by atoms with Gasteiger partial charge in [0, 0.05) is 28.7 Å². The van der Waals surface area contributed by atoms with Gasteiger partial charge in [-0.2, -0.15) is 0 Å². The molecule has 0 unspecified atom stereocenters. The van der Waals surface area contributed by atoms with Gasteiger partial charge in [-0.15, -0.1) is 0 Å². The second-order valence-corrected chi connectivity index (χ2v) is 5.18. The van der Waals surface area contributed by atoms with Crippen LogP contribution in [0.4, 0.5) is 14.5 Å². The molecule has 0 atom stereocenters. The van der Waals surface area contributed by atoms with Crippen LogP contribution in [0.25, 0.3) is 0 Å². The number of amides is 1. The molecule has 4 nitrogen and oxygen atoms in total. The van der Waals surface area contributed by atoms with Gasteiger partial charge in [0.2, 0.25) is 5.91 Å². The van der Waals surface area contributed by atoms with Crippen molar-refractivity contribution in [3.8, 4) is 5.75 Å². The zero-order chi connectivity index (χ0) is 16.8. The summed E-state index contributed by atoms with van der Waals surface area (Å²) >= 11 is 5.88.